The number of amides is 1. The first-order chi connectivity index (χ1) is 10.4. The number of anilines is 1. The second kappa shape index (κ2) is 8.81. The average Bonchev–Trinajstić information content (AvgIpc) is 2.47. The normalized spacial score (nSPS) is 11.7. The summed E-state index contributed by atoms with van der Waals surface area (Å²) in [6, 6.07) is 5.94. The highest BCUT2D eigenvalue weighted by Crippen LogP contribution is 2.17. The molecule has 0 aliphatic rings. The van der Waals surface area contributed by atoms with Gasteiger partial charge in [-0.1, -0.05) is 25.8 Å². The minimum absolute atomic E-state index is 0.0872. The Labute approximate surface area is 129 Å². The van der Waals surface area contributed by atoms with Gasteiger partial charge in [-0.3, -0.25) is 9.59 Å². The number of carbonyl (C=O) groups excluding carboxylic acids is 1. The molecule has 0 bridgehead atoms. The third-order valence-electron chi connectivity index (χ3n) is 3.37. The van der Waals surface area contributed by atoms with E-state index in [2.05, 4.69) is 5.32 Å². The van der Waals surface area contributed by atoms with E-state index in [4.69, 9.17) is 10.2 Å². The fourth-order valence-corrected chi connectivity index (χ4v) is 2.10. The molecule has 0 radical (unpaired) electrons. The SMILES string of the molecule is CCCC[C@H](CCC(=O)Nc1cccc(C(=O)O)c1)C(=O)O. The smallest absolute Gasteiger partial charge is 0.335 e. The maximum absolute atomic E-state index is 11.8. The first-order valence-corrected chi connectivity index (χ1v) is 7.30. The fraction of sp³-hybridized carbons (Fsp3) is 0.438. The maximum atomic E-state index is 11.8. The summed E-state index contributed by atoms with van der Waals surface area (Å²) in [5, 5.41) is 20.6. The molecule has 1 aromatic carbocycles. The number of carboxylic acid groups (broad SMARTS) is 2. The molecule has 0 aliphatic heterocycles. The van der Waals surface area contributed by atoms with Crippen molar-refractivity contribution in [2.45, 2.75) is 39.0 Å². The lowest BCUT2D eigenvalue weighted by Crippen LogP contribution is -2.18. The van der Waals surface area contributed by atoms with E-state index in [9.17, 15) is 14.4 Å². The van der Waals surface area contributed by atoms with Crippen LogP contribution in [0.3, 0.4) is 0 Å². The number of aromatic carboxylic acids is 1. The molecule has 0 heterocycles. The van der Waals surface area contributed by atoms with E-state index in [1.165, 1.54) is 12.1 Å². The third-order valence-corrected chi connectivity index (χ3v) is 3.37. The molecular formula is C16H21NO5. The molecule has 1 atom stereocenters. The Hall–Kier alpha value is -2.37. The molecule has 0 aromatic heterocycles. The van der Waals surface area contributed by atoms with Gasteiger partial charge in [0.1, 0.15) is 0 Å². The van der Waals surface area contributed by atoms with Gasteiger partial charge in [0.05, 0.1) is 11.5 Å². The first kappa shape index (κ1) is 17.7. The van der Waals surface area contributed by atoms with E-state index in [-0.39, 0.29) is 24.3 Å². The first-order valence-electron chi connectivity index (χ1n) is 7.30. The Morgan fingerprint density at radius 1 is 1.18 bits per heavy atom. The van der Waals surface area contributed by atoms with Crippen LogP contribution in [0, 0.1) is 5.92 Å². The molecular weight excluding hydrogens is 286 g/mol. The van der Waals surface area contributed by atoms with Crippen LogP contribution < -0.4 is 5.32 Å². The monoisotopic (exact) mass is 307 g/mol. The van der Waals surface area contributed by atoms with Gasteiger partial charge in [0.2, 0.25) is 5.91 Å². The fourth-order valence-electron chi connectivity index (χ4n) is 2.10. The van der Waals surface area contributed by atoms with Crippen LogP contribution in [0.5, 0.6) is 0 Å². The van der Waals surface area contributed by atoms with Gasteiger partial charge in [0.15, 0.2) is 0 Å². The Balaban J connectivity index is 2.53. The number of carbonyl (C=O) groups is 3. The molecule has 120 valence electrons. The number of rotatable bonds is 9. The van der Waals surface area contributed by atoms with Crippen molar-refractivity contribution in [2.75, 3.05) is 5.32 Å². The van der Waals surface area contributed by atoms with Crippen molar-refractivity contribution >= 4 is 23.5 Å². The molecule has 6 nitrogen and oxygen atoms in total. The van der Waals surface area contributed by atoms with E-state index >= 15 is 0 Å². The van der Waals surface area contributed by atoms with Crippen LogP contribution in [0.4, 0.5) is 5.69 Å². The molecule has 22 heavy (non-hydrogen) atoms. The number of carboxylic acids is 2. The predicted molar refractivity (Wildman–Crippen MR) is 81.9 cm³/mol. The summed E-state index contributed by atoms with van der Waals surface area (Å²) in [5.74, 6) is -2.78. The summed E-state index contributed by atoms with van der Waals surface area (Å²) in [6.07, 6.45) is 2.67. The number of benzene rings is 1. The number of aliphatic carboxylic acids is 1. The maximum Gasteiger partial charge on any atom is 0.335 e. The summed E-state index contributed by atoms with van der Waals surface area (Å²) < 4.78 is 0. The zero-order valence-electron chi connectivity index (χ0n) is 12.5. The molecule has 1 amide bonds. The van der Waals surface area contributed by atoms with Crippen LogP contribution in [0.2, 0.25) is 0 Å². The highest BCUT2D eigenvalue weighted by atomic mass is 16.4. The van der Waals surface area contributed by atoms with Crippen LogP contribution in [-0.4, -0.2) is 28.1 Å². The van der Waals surface area contributed by atoms with E-state index in [1.807, 2.05) is 6.92 Å². The Morgan fingerprint density at radius 2 is 1.91 bits per heavy atom. The number of unbranched alkanes of at least 4 members (excludes halogenated alkanes) is 1. The molecule has 3 N–H and O–H groups in total. The zero-order chi connectivity index (χ0) is 16.5. The number of hydrogen-bond acceptors (Lipinski definition) is 3. The summed E-state index contributed by atoms with van der Waals surface area (Å²) in [7, 11) is 0. The Morgan fingerprint density at radius 3 is 2.50 bits per heavy atom. The molecule has 0 saturated carbocycles. The molecule has 1 aromatic rings. The summed E-state index contributed by atoms with van der Waals surface area (Å²) >= 11 is 0. The largest absolute Gasteiger partial charge is 0.481 e. The summed E-state index contributed by atoms with van der Waals surface area (Å²) in [5.41, 5.74) is 0.481. The Kier molecular flexibility index (Phi) is 7.08. The van der Waals surface area contributed by atoms with E-state index in [0.29, 0.717) is 12.1 Å². The zero-order valence-corrected chi connectivity index (χ0v) is 12.5. The topological polar surface area (TPSA) is 104 Å². The second-order valence-corrected chi connectivity index (χ2v) is 5.15. The van der Waals surface area contributed by atoms with Gasteiger partial charge in [0.25, 0.3) is 0 Å². The lowest BCUT2D eigenvalue weighted by atomic mass is 9.97. The van der Waals surface area contributed by atoms with Gasteiger partial charge in [-0.25, -0.2) is 4.79 Å². The van der Waals surface area contributed by atoms with Crippen LogP contribution in [0.1, 0.15) is 49.4 Å². The van der Waals surface area contributed by atoms with E-state index < -0.39 is 17.9 Å². The minimum Gasteiger partial charge on any atom is -0.481 e. The molecule has 0 spiro atoms. The van der Waals surface area contributed by atoms with Crippen molar-refractivity contribution in [3.05, 3.63) is 29.8 Å². The molecule has 0 unspecified atom stereocenters. The molecule has 6 heteroatoms. The van der Waals surface area contributed by atoms with Crippen LogP contribution in [0.15, 0.2) is 24.3 Å². The quantitative estimate of drug-likeness (QED) is 0.650. The number of nitrogens with one attached hydrogen (secondary N) is 1. The summed E-state index contributed by atoms with van der Waals surface area (Å²) in [6.45, 7) is 1.99. The van der Waals surface area contributed by atoms with Gasteiger partial charge in [-0.2, -0.15) is 0 Å². The van der Waals surface area contributed by atoms with Crippen LogP contribution in [-0.2, 0) is 9.59 Å². The van der Waals surface area contributed by atoms with E-state index in [1.54, 1.807) is 12.1 Å². The Bertz CT molecular complexity index is 541. The standard InChI is InChI=1S/C16H21NO5/c1-2-3-5-11(15(19)20)8-9-14(18)17-13-7-4-6-12(10-13)16(21)22/h4,6-7,10-11H,2-3,5,8-9H2,1H3,(H,17,18)(H,19,20)(H,21,22)/t11-/m1/s1. The highest BCUT2D eigenvalue weighted by molar-refractivity contribution is 5.94. The molecule has 0 aliphatic carbocycles. The van der Waals surface area contributed by atoms with Gasteiger partial charge in [-0.05, 0) is 31.0 Å². The highest BCUT2D eigenvalue weighted by Gasteiger charge is 2.18. The van der Waals surface area contributed by atoms with Crippen molar-refractivity contribution in [2.24, 2.45) is 5.92 Å². The molecule has 0 saturated heterocycles. The van der Waals surface area contributed by atoms with Gasteiger partial charge < -0.3 is 15.5 Å². The predicted octanol–water partition coefficient (Wildman–Crippen LogP) is 2.99. The molecule has 1 rings (SSSR count). The van der Waals surface area contributed by atoms with Crippen molar-refractivity contribution in [1.82, 2.24) is 0 Å². The lowest BCUT2D eigenvalue weighted by molar-refractivity contribution is -0.142. The van der Waals surface area contributed by atoms with Gasteiger partial charge in [0, 0.05) is 12.1 Å². The second-order valence-electron chi connectivity index (χ2n) is 5.15. The average molecular weight is 307 g/mol. The van der Waals surface area contributed by atoms with Crippen LogP contribution >= 0.6 is 0 Å². The van der Waals surface area contributed by atoms with E-state index in [0.717, 1.165) is 12.8 Å². The van der Waals surface area contributed by atoms with Gasteiger partial charge >= 0.3 is 11.9 Å². The van der Waals surface area contributed by atoms with Crippen molar-refractivity contribution in [3.8, 4) is 0 Å². The summed E-state index contributed by atoms with van der Waals surface area (Å²) in [4.78, 5) is 33.8. The molecule has 0 fully saturated rings. The third kappa shape index (κ3) is 5.95. The van der Waals surface area contributed by atoms with Crippen molar-refractivity contribution in [3.63, 3.8) is 0 Å². The lowest BCUT2D eigenvalue weighted by Gasteiger charge is -2.11. The number of hydrogen-bond donors (Lipinski definition) is 3. The van der Waals surface area contributed by atoms with Gasteiger partial charge in [-0.15, -0.1) is 0 Å². The van der Waals surface area contributed by atoms with Crippen LogP contribution in [0.25, 0.3) is 0 Å². The minimum atomic E-state index is -1.07. The van der Waals surface area contributed by atoms with Crippen molar-refractivity contribution < 1.29 is 24.6 Å². The van der Waals surface area contributed by atoms with Crippen molar-refractivity contribution in [1.29, 1.82) is 0 Å².